The van der Waals surface area contributed by atoms with E-state index in [4.69, 9.17) is 4.74 Å². The Hall–Kier alpha value is -3.12. The summed E-state index contributed by atoms with van der Waals surface area (Å²) < 4.78 is 7.15. The number of anilines is 1. The Morgan fingerprint density at radius 1 is 1.00 bits per heavy atom. The summed E-state index contributed by atoms with van der Waals surface area (Å²) in [6.45, 7) is 4.12. The van der Waals surface area contributed by atoms with E-state index in [1.165, 1.54) is 0 Å². The highest BCUT2D eigenvalue weighted by molar-refractivity contribution is 5.97. The van der Waals surface area contributed by atoms with E-state index in [1.54, 1.807) is 7.11 Å². The molecular weight excluding hydrogens is 352 g/mol. The SMILES string of the molecule is COc1ccc(N2CCN(Cc3ccnn3-c3ccccc3)[C@H](C)C2=O)cc1. The van der Waals surface area contributed by atoms with Gasteiger partial charge in [0.25, 0.3) is 0 Å². The lowest BCUT2D eigenvalue weighted by molar-refractivity contribution is -0.125. The van der Waals surface area contributed by atoms with Crippen molar-refractivity contribution in [2.45, 2.75) is 19.5 Å². The molecular formula is C22H24N4O2. The van der Waals surface area contributed by atoms with Gasteiger partial charge in [-0.15, -0.1) is 0 Å². The number of nitrogens with zero attached hydrogens (tertiary/aromatic N) is 4. The van der Waals surface area contributed by atoms with Crippen molar-refractivity contribution < 1.29 is 9.53 Å². The van der Waals surface area contributed by atoms with Crippen LogP contribution in [0.5, 0.6) is 5.75 Å². The minimum absolute atomic E-state index is 0.113. The third-order valence-corrected chi connectivity index (χ3v) is 5.25. The van der Waals surface area contributed by atoms with Crippen LogP contribution in [0.3, 0.4) is 0 Å². The number of piperazine rings is 1. The molecule has 2 heterocycles. The van der Waals surface area contributed by atoms with Gasteiger partial charge in [0, 0.05) is 31.5 Å². The van der Waals surface area contributed by atoms with Crippen LogP contribution in [0.1, 0.15) is 12.6 Å². The van der Waals surface area contributed by atoms with Gasteiger partial charge in [0.05, 0.1) is 24.5 Å². The lowest BCUT2D eigenvalue weighted by Crippen LogP contribution is -2.55. The Morgan fingerprint density at radius 2 is 1.75 bits per heavy atom. The molecule has 0 N–H and O–H groups in total. The summed E-state index contributed by atoms with van der Waals surface area (Å²) >= 11 is 0. The molecule has 28 heavy (non-hydrogen) atoms. The summed E-state index contributed by atoms with van der Waals surface area (Å²) in [4.78, 5) is 17.1. The van der Waals surface area contributed by atoms with Crippen LogP contribution >= 0.6 is 0 Å². The van der Waals surface area contributed by atoms with Gasteiger partial charge < -0.3 is 9.64 Å². The molecule has 0 radical (unpaired) electrons. The van der Waals surface area contributed by atoms with Gasteiger partial charge in [-0.05, 0) is 49.4 Å². The second kappa shape index (κ2) is 7.86. The molecule has 0 saturated carbocycles. The van der Waals surface area contributed by atoms with E-state index in [1.807, 2.05) is 83.4 Å². The number of methoxy groups -OCH3 is 1. The van der Waals surface area contributed by atoms with Crippen LogP contribution in [-0.2, 0) is 11.3 Å². The third-order valence-electron chi connectivity index (χ3n) is 5.25. The molecule has 1 aromatic heterocycles. The van der Waals surface area contributed by atoms with Crippen LogP contribution in [0.25, 0.3) is 5.69 Å². The molecule has 1 aliphatic rings. The maximum absolute atomic E-state index is 13.0. The molecule has 6 nitrogen and oxygen atoms in total. The molecule has 2 aromatic carbocycles. The summed E-state index contributed by atoms with van der Waals surface area (Å²) in [6, 6.07) is 19.5. The number of carbonyl (C=O) groups excluding carboxylic acids is 1. The predicted octanol–water partition coefficient (Wildman–Crippen LogP) is 3.12. The average Bonchev–Trinajstić information content (AvgIpc) is 3.21. The zero-order valence-corrected chi connectivity index (χ0v) is 16.2. The number of rotatable bonds is 5. The van der Waals surface area contributed by atoms with Gasteiger partial charge in [-0.1, -0.05) is 18.2 Å². The summed E-state index contributed by atoms with van der Waals surface area (Å²) in [6.07, 6.45) is 1.81. The largest absolute Gasteiger partial charge is 0.497 e. The molecule has 0 bridgehead atoms. The molecule has 1 aliphatic heterocycles. The van der Waals surface area contributed by atoms with E-state index >= 15 is 0 Å². The van der Waals surface area contributed by atoms with E-state index < -0.39 is 0 Å². The van der Waals surface area contributed by atoms with Gasteiger partial charge in [0.15, 0.2) is 0 Å². The van der Waals surface area contributed by atoms with E-state index in [9.17, 15) is 4.79 Å². The topological polar surface area (TPSA) is 50.6 Å². The minimum Gasteiger partial charge on any atom is -0.497 e. The van der Waals surface area contributed by atoms with Crippen LogP contribution in [0, 0.1) is 0 Å². The van der Waals surface area contributed by atoms with Crippen molar-refractivity contribution in [3.05, 3.63) is 72.6 Å². The van der Waals surface area contributed by atoms with Crippen molar-refractivity contribution in [3.63, 3.8) is 0 Å². The molecule has 1 amide bonds. The van der Waals surface area contributed by atoms with Crippen molar-refractivity contribution in [1.29, 1.82) is 0 Å². The Morgan fingerprint density at radius 3 is 2.46 bits per heavy atom. The molecule has 1 saturated heterocycles. The van der Waals surface area contributed by atoms with Crippen molar-refractivity contribution in [2.24, 2.45) is 0 Å². The first-order valence-electron chi connectivity index (χ1n) is 9.45. The molecule has 1 fully saturated rings. The van der Waals surface area contributed by atoms with Crippen LogP contribution in [0.15, 0.2) is 66.9 Å². The summed E-state index contributed by atoms with van der Waals surface area (Å²) in [7, 11) is 1.64. The summed E-state index contributed by atoms with van der Waals surface area (Å²) in [5, 5.41) is 4.46. The number of ether oxygens (including phenoxy) is 1. The van der Waals surface area contributed by atoms with Gasteiger partial charge in [0.2, 0.25) is 5.91 Å². The fraction of sp³-hybridized carbons (Fsp3) is 0.273. The van der Waals surface area contributed by atoms with Crippen molar-refractivity contribution in [3.8, 4) is 11.4 Å². The van der Waals surface area contributed by atoms with Crippen LogP contribution in [0.4, 0.5) is 5.69 Å². The number of amides is 1. The zero-order chi connectivity index (χ0) is 19.5. The number of hydrogen-bond acceptors (Lipinski definition) is 4. The Balaban J connectivity index is 1.49. The fourth-order valence-electron chi connectivity index (χ4n) is 3.61. The van der Waals surface area contributed by atoms with Gasteiger partial charge in [-0.3, -0.25) is 9.69 Å². The van der Waals surface area contributed by atoms with Crippen molar-refractivity contribution in [2.75, 3.05) is 25.1 Å². The second-order valence-corrected chi connectivity index (χ2v) is 6.90. The second-order valence-electron chi connectivity index (χ2n) is 6.90. The molecule has 0 spiro atoms. The number of para-hydroxylation sites is 1. The first kappa shape index (κ1) is 18.3. The Labute approximate surface area is 164 Å². The maximum Gasteiger partial charge on any atom is 0.244 e. The first-order valence-corrected chi connectivity index (χ1v) is 9.45. The quantitative estimate of drug-likeness (QED) is 0.687. The highest BCUT2D eigenvalue weighted by Crippen LogP contribution is 2.24. The highest BCUT2D eigenvalue weighted by atomic mass is 16.5. The lowest BCUT2D eigenvalue weighted by Gasteiger charge is -2.39. The van der Waals surface area contributed by atoms with Gasteiger partial charge in [-0.2, -0.15) is 5.10 Å². The number of benzene rings is 2. The van der Waals surface area contributed by atoms with E-state index in [0.29, 0.717) is 13.1 Å². The third kappa shape index (κ3) is 3.51. The van der Waals surface area contributed by atoms with Crippen LogP contribution in [-0.4, -0.2) is 46.8 Å². The molecule has 0 aliphatic carbocycles. The average molecular weight is 376 g/mol. The Kier molecular flexibility index (Phi) is 5.12. The van der Waals surface area contributed by atoms with Gasteiger partial charge in [-0.25, -0.2) is 4.68 Å². The molecule has 0 unspecified atom stereocenters. The summed E-state index contributed by atoms with van der Waals surface area (Å²) in [5.41, 5.74) is 3.01. The maximum atomic E-state index is 13.0. The summed E-state index contributed by atoms with van der Waals surface area (Å²) in [5.74, 6) is 0.902. The molecule has 144 valence electrons. The monoisotopic (exact) mass is 376 g/mol. The predicted molar refractivity (Wildman–Crippen MR) is 109 cm³/mol. The minimum atomic E-state index is -0.199. The molecule has 3 aromatic rings. The zero-order valence-electron chi connectivity index (χ0n) is 16.2. The molecule has 1 atom stereocenters. The fourth-order valence-corrected chi connectivity index (χ4v) is 3.61. The highest BCUT2D eigenvalue weighted by Gasteiger charge is 2.32. The van der Waals surface area contributed by atoms with Crippen LogP contribution < -0.4 is 9.64 Å². The van der Waals surface area contributed by atoms with Crippen LogP contribution in [0.2, 0.25) is 0 Å². The molecule has 6 heteroatoms. The normalized spacial score (nSPS) is 17.7. The van der Waals surface area contributed by atoms with E-state index in [-0.39, 0.29) is 11.9 Å². The van der Waals surface area contributed by atoms with E-state index in [0.717, 1.165) is 29.4 Å². The van der Waals surface area contributed by atoms with Gasteiger partial charge in [0.1, 0.15) is 5.75 Å². The Bertz CT molecular complexity index is 937. The van der Waals surface area contributed by atoms with Crippen molar-refractivity contribution >= 4 is 11.6 Å². The lowest BCUT2D eigenvalue weighted by atomic mass is 10.1. The molecule has 4 rings (SSSR count). The number of aromatic nitrogens is 2. The van der Waals surface area contributed by atoms with Crippen molar-refractivity contribution in [1.82, 2.24) is 14.7 Å². The van der Waals surface area contributed by atoms with E-state index in [2.05, 4.69) is 10.00 Å². The number of carbonyl (C=O) groups is 1. The smallest absolute Gasteiger partial charge is 0.244 e. The van der Waals surface area contributed by atoms with Gasteiger partial charge >= 0.3 is 0 Å². The first-order chi connectivity index (χ1) is 13.7. The number of hydrogen-bond donors (Lipinski definition) is 0. The standard InChI is InChI=1S/C22H24N4O2/c1-17-22(27)25(18-8-10-21(28-2)11-9-18)15-14-24(17)16-20-12-13-23-26(20)19-6-4-3-5-7-19/h3-13,17H,14-16H2,1-2H3/t17-/m1/s1.